The molecule has 1 aromatic carbocycles. The molecule has 1 saturated carbocycles. The second-order valence-corrected chi connectivity index (χ2v) is 7.82. The van der Waals surface area contributed by atoms with Gasteiger partial charge in [-0.3, -0.25) is 9.59 Å². The lowest BCUT2D eigenvalue weighted by Crippen LogP contribution is -2.40. The van der Waals surface area contributed by atoms with Crippen molar-refractivity contribution in [3.63, 3.8) is 0 Å². The summed E-state index contributed by atoms with van der Waals surface area (Å²) < 4.78 is 10.7. The minimum Gasteiger partial charge on any atom is -0.497 e. The first kappa shape index (κ1) is 20.6. The highest BCUT2D eigenvalue weighted by molar-refractivity contribution is 5.81. The molecule has 1 unspecified atom stereocenters. The molecule has 1 saturated heterocycles. The van der Waals surface area contributed by atoms with Crippen LogP contribution in [0.3, 0.4) is 0 Å². The van der Waals surface area contributed by atoms with Gasteiger partial charge < -0.3 is 20.1 Å². The van der Waals surface area contributed by atoms with E-state index in [0.717, 1.165) is 57.3 Å². The summed E-state index contributed by atoms with van der Waals surface area (Å²) in [5, 5.41) is 6.07. The predicted molar refractivity (Wildman–Crippen MR) is 107 cm³/mol. The van der Waals surface area contributed by atoms with Crippen LogP contribution in [-0.2, 0) is 20.7 Å². The average Bonchev–Trinajstić information content (AvgIpc) is 3.26. The zero-order valence-corrected chi connectivity index (χ0v) is 16.7. The van der Waals surface area contributed by atoms with Crippen molar-refractivity contribution in [1.29, 1.82) is 0 Å². The van der Waals surface area contributed by atoms with Crippen LogP contribution in [0.5, 0.6) is 5.75 Å². The molecule has 154 valence electrons. The summed E-state index contributed by atoms with van der Waals surface area (Å²) in [7, 11) is 1.65. The molecule has 1 atom stereocenters. The lowest BCUT2D eigenvalue weighted by molar-refractivity contribution is -0.130. The standard InChI is InChI=1S/C22H32N2O4/c1-27-19-10-4-16(5-11-19)12-13-23-21(25)17-6-8-18(9-7-17)22(26)24-15-20-3-2-14-28-20/h4-5,10-11,17-18,20H,2-3,6-9,12-15H2,1H3,(H,23,25)(H,24,26). The summed E-state index contributed by atoms with van der Waals surface area (Å²) in [6.45, 7) is 2.05. The second kappa shape index (κ2) is 10.5. The van der Waals surface area contributed by atoms with Gasteiger partial charge in [-0.05, 0) is 62.6 Å². The van der Waals surface area contributed by atoms with Crippen LogP contribution < -0.4 is 15.4 Å². The van der Waals surface area contributed by atoms with Crippen molar-refractivity contribution in [1.82, 2.24) is 10.6 Å². The molecule has 2 amide bonds. The zero-order valence-electron chi connectivity index (χ0n) is 16.7. The SMILES string of the molecule is COc1ccc(CCNC(=O)C2CCC(C(=O)NCC3CCCO3)CC2)cc1. The summed E-state index contributed by atoms with van der Waals surface area (Å²) in [5.41, 5.74) is 1.17. The lowest BCUT2D eigenvalue weighted by atomic mass is 9.81. The maximum absolute atomic E-state index is 12.4. The van der Waals surface area contributed by atoms with Gasteiger partial charge in [0.05, 0.1) is 13.2 Å². The number of hydrogen-bond donors (Lipinski definition) is 2. The number of amides is 2. The van der Waals surface area contributed by atoms with Gasteiger partial charge in [-0.15, -0.1) is 0 Å². The number of carbonyl (C=O) groups is 2. The summed E-state index contributed by atoms with van der Waals surface area (Å²) in [5.74, 6) is 1.13. The third-order valence-corrected chi connectivity index (χ3v) is 5.87. The molecule has 2 N–H and O–H groups in total. The molecule has 1 aromatic rings. The van der Waals surface area contributed by atoms with E-state index in [4.69, 9.17) is 9.47 Å². The van der Waals surface area contributed by atoms with E-state index >= 15 is 0 Å². The largest absolute Gasteiger partial charge is 0.497 e. The highest BCUT2D eigenvalue weighted by Gasteiger charge is 2.30. The van der Waals surface area contributed by atoms with Crippen molar-refractivity contribution in [3.8, 4) is 5.75 Å². The molecule has 1 aliphatic heterocycles. The van der Waals surface area contributed by atoms with Gasteiger partial charge in [0.25, 0.3) is 0 Å². The molecule has 28 heavy (non-hydrogen) atoms. The summed E-state index contributed by atoms with van der Waals surface area (Å²) in [6.07, 6.45) is 6.23. The highest BCUT2D eigenvalue weighted by atomic mass is 16.5. The summed E-state index contributed by atoms with van der Waals surface area (Å²) >= 11 is 0. The lowest BCUT2D eigenvalue weighted by Gasteiger charge is -2.27. The van der Waals surface area contributed by atoms with Crippen molar-refractivity contribution >= 4 is 11.8 Å². The smallest absolute Gasteiger partial charge is 0.223 e. The molecule has 0 spiro atoms. The van der Waals surface area contributed by atoms with Crippen molar-refractivity contribution in [2.45, 2.75) is 51.0 Å². The number of hydrogen-bond acceptors (Lipinski definition) is 4. The van der Waals surface area contributed by atoms with Crippen LogP contribution >= 0.6 is 0 Å². The van der Waals surface area contributed by atoms with Gasteiger partial charge >= 0.3 is 0 Å². The van der Waals surface area contributed by atoms with Crippen LogP contribution in [0.25, 0.3) is 0 Å². The normalized spacial score (nSPS) is 24.5. The Morgan fingerprint density at radius 3 is 2.21 bits per heavy atom. The van der Waals surface area contributed by atoms with Gasteiger partial charge in [0.15, 0.2) is 0 Å². The van der Waals surface area contributed by atoms with E-state index in [2.05, 4.69) is 10.6 Å². The first-order valence-corrected chi connectivity index (χ1v) is 10.5. The van der Waals surface area contributed by atoms with Crippen molar-refractivity contribution in [2.75, 3.05) is 26.8 Å². The van der Waals surface area contributed by atoms with Gasteiger partial charge in [0.1, 0.15) is 5.75 Å². The van der Waals surface area contributed by atoms with Crippen molar-refractivity contribution < 1.29 is 19.1 Å². The van der Waals surface area contributed by atoms with E-state index in [0.29, 0.717) is 13.1 Å². The number of carbonyl (C=O) groups excluding carboxylic acids is 2. The Morgan fingerprint density at radius 2 is 1.64 bits per heavy atom. The van der Waals surface area contributed by atoms with E-state index in [1.54, 1.807) is 7.11 Å². The fourth-order valence-corrected chi connectivity index (χ4v) is 4.05. The van der Waals surface area contributed by atoms with Crippen LogP contribution in [0.15, 0.2) is 24.3 Å². The second-order valence-electron chi connectivity index (χ2n) is 7.82. The minimum atomic E-state index is 0.0260. The van der Waals surface area contributed by atoms with Crippen LogP contribution in [0.4, 0.5) is 0 Å². The van der Waals surface area contributed by atoms with Crippen LogP contribution in [0.1, 0.15) is 44.1 Å². The molecule has 6 heteroatoms. The van der Waals surface area contributed by atoms with Gasteiger partial charge in [-0.2, -0.15) is 0 Å². The Labute approximate surface area is 167 Å². The fraction of sp³-hybridized carbons (Fsp3) is 0.636. The average molecular weight is 389 g/mol. The fourth-order valence-electron chi connectivity index (χ4n) is 4.05. The van der Waals surface area contributed by atoms with E-state index in [-0.39, 0.29) is 29.8 Å². The Bertz CT molecular complexity index is 632. The minimum absolute atomic E-state index is 0.0260. The van der Waals surface area contributed by atoms with E-state index in [9.17, 15) is 9.59 Å². The predicted octanol–water partition coefficient (Wildman–Crippen LogP) is 2.46. The summed E-state index contributed by atoms with van der Waals surface area (Å²) in [6, 6.07) is 7.90. The molecule has 6 nitrogen and oxygen atoms in total. The van der Waals surface area contributed by atoms with E-state index in [1.807, 2.05) is 24.3 Å². The number of nitrogens with one attached hydrogen (secondary N) is 2. The van der Waals surface area contributed by atoms with E-state index in [1.165, 1.54) is 5.56 Å². The van der Waals surface area contributed by atoms with Gasteiger partial charge in [-0.25, -0.2) is 0 Å². The molecule has 1 aliphatic carbocycles. The first-order chi connectivity index (χ1) is 13.7. The van der Waals surface area contributed by atoms with Gasteiger partial charge in [0.2, 0.25) is 11.8 Å². The number of methoxy groups -OCH3 is 1. The Balaban J connectivity index is 1.32. The molecular formula is C22H32N2O4. The maximum atomic E-state index is 12.4. The zero-order chi connectivity index (χ0) is 19.8. The van der Waals surface area contributed by atoms with Crippen LogP contribution in [0, 0.1) is 11.8 Å². The van der Waals surface area contributed by atoms with Gasteiger partial charge in [-0.1, -0.05) is 12.1 Å². The molecule has 2 aliphatic rings. The quantitative estimate of drug-likeness (QED) is 0.717. The van der Waals surface area contributed by atoms with Crippen LogP contribution in [-0.4, -0.2) is 44.7 Å². The number of rotatable bonds is 8. The molecule has 3 rings (SSSR count). The highest BCUT2D eigenvalue weighted by Crippen LogP contribution is 2.29. The Hall–Kier alpha value is -2.08. The molecular weight excluding hydrogens is 356 g/mol. The van der Waals surface area contributed by atoms with Crippen molar-refractivity contribution in [3.05, 3.63) is 29.8 Å². The Morgan fingerprint density at radius 1 is 1.00 bits per heavy atom. The topological polar surface area (TPSA) is 76.7 Å². The van der Waals surface area contributed by atoms with Crippen molar-refractivity contribution in [2.24, 2.45) is 11.8 Å². The molecule has 2 fully saturated rings. The molecule has 0 aromatic heterocycles. The number of benzene rings is 1. The molecule has 0 radical (unpaired) electrons. The molecule has 0 bridgehead atoms. The summed E-state index contributed by atoms with van der Waals surface area (Å²) in [4.78, 5) is 24.7. The number of ether oxygens (including phenoxy) is 2. The van der Waals surface area contributed by atoms with Gasteiger partial charge in [0, 0.05) is 31.5 Å². The third kappa shape index (κ3) is 5.96. The maximum Gasteiger partial charge on any atom is 0.223 e. The monoisotopic (exact) mass is 388 g/mol. The van der Waals surface area contributed by atoms with E-state index < -0.39 is 0 Å². The third-order valence-electron chi connectivity index (χ3n) is 5.87. The molecule has 1 heterocycles. The van der Waals surface area contributed by atoms with Crippen LogP contribution in [0.2, 0.25) is 0 Å². The first-order valence-electron chi connectivity index (χ1n) is 10.5. The Kier molecular flexibility index (Phi) is 7.71.